The molecule has 0 atom stereocenters. The van der Waals surface area contributed by atoms with Crippen LogP contribution in [0.4, 0.5) is 34.1 Å². The molecule has 0 aliphatic heterocycles. The highest BCUT2D eigenvalue weighted by Gasteiger charge is 2.21. The molecule has 0 aliphatic carbocycles. The van der Waals surface area contributed by atoms with Gasteiger partial charge in [-0.1, -0.05) is 158 Å². The van der Waals surface area contributed by atoms with E-state index >= 15 is 0 Å². The average Bonchev–Trinajstić information content (AvgIpc) is 4.00. The van der Waals surface area contributed by atoms with Gasteiger partial charge in [0.1, 0.15) is 0 Å². The molecule has 2 heterocycles. The third-order valence-electron chi connectivity index (χ3n) is 13.6. The molecule has 70 heavy (non-hydrogen) atoms. The van der Waals surface area contributed by atoms with Crippen LogP contribution in [0.5, 0.6) is 0 Å². The number of fused-ring (bicyclic) bond motifs is 4. The summed E-state index contributed by atoms with van der Waals surface area (Å²) in [6.45, 7) is 0. The summed E-state index contributed by atoms with van der Waals surface area (Å²) in [6.07, 6.45) is 0. The SMILES string of the molecule is c1ccc(-c2cc3cc4c(cc(-c5ccccc5)n4-c4ccc(N(c5ccccc5)c5ccc6ccccc6c5)cc4)cc3n2-c2ccc(N(c3ccccc3)c3ccc4ccccc4c3)cc2)cc1. The fourth-order valence-corrected chi connectivity index (χ4v) is 10.3. The van der Waals surface area contributed by atoms with Crippen molar-refractivity contribution in [2.75, 3.05) is 9.80 Å². The zero-order valence-corrected chi connectivity index (χ0v) is 38.3. The molecule has 0 radical (unpaired) electrons. The molecule has 13 aromatic rings. The minimum Gasteiger partial charge on any atom is -0.310 e. The summed E-state index contributed by atoms with van der Waals surface area (Å²) in [6, 6.07) is 101. The lowest BCUT2D eigenvalue weighted by Gasteiger charge is -2.26. The van der Waals surface area contributed by atoms with E-state index in [-0.39, 0.29) is 0 Å². The van der Waals surface area contributed by atoms with Gasteiger partial charge in [0, 0.05) is 56.3 Å². The molecule has 11 aromatic carbocycles. The van der Waals surface area contributed by atoms with Crippen LogP contribution in [0.3, 0.4) is 0 Å². The first-order chi connectivity index (χ1) is 34.7. The summed E-state index contributed by atoms with van der Waals surface area (Å²) in [4.78, 5) is 4.68. The number of anilines is 6. The number of rotatable bonds is 10. The molecule has 0 saturated heterocycles. The molecule has 4 heteroatoms. The first kappa shape index (κ1) is 40.9. The van der Waals surface area contributed by atoms with E-state index in [9.17, 15) is 0 Å². The molecule has 0 unspecified atom stereocenters. The van der Waals surface area contributed by atoms with Crippen molar-refractivity contribution in [2.45, 2.75) is 0 Å². The summed E-state index contributed by atoms with van der Waals surface area (Å²) in [5.74, 6) is 0. The highest BCUT2D eigenvalue weighted by Crippen LogP contribution is 2.42. The molecule has 330 valence electrons. The van der Waals surface area contributed by atoms with Crippen LogP contribution in [-0.2, 0) is 0 Å². The molecule has 0 saturated carbocycles. The van der Waals surface area contributed by atoms with Crippen molar-refractivity contribution in [2.24, 2.45) is 0 Å². The second-order valence-electron chi connectivity index (χ2n) is 17.9. The molecule has 0 N–H and O–H groups in total. The van der Waals surface area contributed by atoms with E-state index in [1.54, 1.807) is 0 Å². The fraction of sp³-hybridized carbons (Fsp3) is 0. The Morgan fingerprint density at radius 3 is 0.914 bits per heavy atom. The van der Waals surface area contributed by atoms with E-state index in [2.05, 4.69) is 298 Å². The van der Waals surface area contributed by atoms with Gasteiger partial charge in [-0.3, -0.25) is 0 Å². The van der Waals surface area contributed by atoms with Crippen molar-refractivity contribution >= 4 is 77.5 Å². The van der Waals surface area contributed by atoms with E-state index in [1.807, 2.05) is 0 Å². The van der Waals surface area contributed by atoms with Gasteiger partial charge in [-0.25, -0.2) is 0 Å². The Kier molecular flexibility index (Phi) is 10.1. The topological polar surface area (TPSA) is 16.3 Å². The third kappa shape index (κ3) is 7.36. The molecule has 13 rings (SSSR count). The number of aromatic nitrogens is 2. The number of hydrogen-bond donors (Lipinski definition) is 0. The Labute approximate surface area is 407 Å². The van der Waals surface area contributed by atoms with E-state index < -0.39 is 0 Å². The minimum atomic E-state index is 1.09. The zero-order chi connectivity index (χ0) is 46.4. The Bertz CT molecular complexity index is 3710. The van der Waals surface area contributed by atoms with Gasteiger partial charge in [0.25, 0.3) is 0 Å². The standard InChI is InChI=1S/C66H46N4/c1-5-19-49(20-6-1)63-43-53-45-66-54(46-65(53)69(63)59-37-33-57(34-38-59)67(55-25-9-3-10-26-55)61-31-29-47-17-13-15-23-51(47)41-61)44-64(50-21-7-2-8-22-50)70(66)60-39-35-58(36-40-60)68(56-27-11-4-12-28-56)62-32-30-48-18-14-16-24-52(48)42-62/h1-46H. The lowest BCUT2D eigenvalue weighted by Crippen LogP contribution is -2.10. The predicted molar refractivity (Wildman–Crippen MR) is 295 cm³/mol. The number of hydrogen-bond acceptors (Lipinski definition) is 2. The van der Waals surface area contributed by atoms with Crippen LogP contribution in [0.25, 0.3) is 77.2 Å². The van der Waals surface area contributed by atoms with E-state index in [4.69, 9.17) is 0 Å². The number of nitrogens with zero attached hydrogens (tertiary/aromatic N) is 4. The second-order valence-corrected chi connectivity index (χ2v) is 17.9. The van der Waals surface area contributed by atoms with Crippen molar-refractivity contribution < 1.29 is 0 Å². The first-order valence-corrected chi connectivity index (χ1v) is 23.9. The third-order valence-corrected chi connectivity index (χ3v) is 13.6. The number of benzene rings is 11. The Hall–Kier alpha value is -9.38. The molecule has 0 fully saturated rings. The molecule has 0 amide bonds. The van der Waals surface area contributed by atoms with Gasteiger partial charge in [0.05, 0.1) is 22.4 Å². The largest absolute Gasteiger partial charge is 0.310 e. The smallest absolute Gasteiger partial charge is 0.0542 e. The van der Waals surface area contributed by atoms with Crippen molar-refractivity contribution in [3.05, 3.63) is 279 Å². The van der Waals surface area contributed by atoms with Crippen LogP contribution in [0.2, 0.25) is 0 Å². The monoisotopic (exact) mass is 894 g/mol. The van der Waals surface area contributed by atoms with Crippen LogP contribution in [0, 0.1) is 0 Å². The molecule has 0 spiro atoms. The van der Waals surface area contributed by atoms with Gasteiger partial charge >= 0.3 is 0 Å². The second kappa shape index (κ2) is 17.4. The maximum atomic E-state index is 2.43. The fourth-order valence-electron chi connectivity index (χ4n) is 10.3. The molecular formula is C66H46N4. The number of para-hydroxylation sites is 2. The summed E-state index contributed by atoms with van der Waals surface area (Å²) in [5, 5.41) is 7.21. The first-order valence-electron chi connectivity index (χ1n) is 23.9. The quantitative estimate of drug-likeness (QED) is 0.136. The minimum absolute atomic E-state index is 1.09. The summed E-state index contributed by atoms with van der Waals surface area (Å²) in [5.41, 5.74) is 15.7. The van der Waals surface area contributed by atoms with Gasteiger partial charge in [0.2, 0.25) is 0 Å². The summed E-state index contributed by atoms with van der Waals surface area (Å²) < 4.78 is 4.85. The van der Waals surface area contributed by atoms with Crippen LogP contribution in [-0.4, -0.2) is 9.13 Å². The molecule has 0 bridgehead atoms. The highest BCUT2D eigenvalue weighted by molar-refractivity contribution is 6.02. The predicted octanol–water partition coefficient (Wildman–Crippen LogP) is 18.2. The van der Waals surface area contributed by atoms with Gasteiger partial charge < -0.3 is 18.9 Å². The Morgan fingerprint density at radius 1 is 0.214 bits per heavy atom. The maximum absolute atomic E-state index is 2.43. The van der Waals surface area contributed by atoms with Crippen molar-refractivity contribution in [1.29, 1.82) is 0 Å². The van der Waals surface area contributed by atoms with E-state index in [1.165, 1.54) is 32.3 Å². The Morgan fingerprint density at radius 2 is 0.529 bits per heavy atom. The molecule has 0 aliphatic rings. The van der Waals surface area contributed by atoms with Gasteiger partial charge in [-0.05, 0) is 154 Å². The maximum Gasteiger partial charge on any atom is 0.0542 e. The molecule has 2 aromatic heterocycles. The van der Waals surface area contributed by atoms with E-state index in [0.29, 0.717) is 0 Å². The van der Waals surface area contributed by atoms with Crippen molar-refractivity contribution in [1.82, 2.24) is 9.13 Å². The van der Waals surface area contributed by atoms with Gasteiger partial charge in [-0.15, -0.1) is 0 Å². The lowest BCUT2D eigenvalue weighted by molar-refractivity contribution is 1.13. The van der Waals surface area contributed by atoms with Gasteiger partial charge in [0.15, 0.2) is 0 Å². The van der Waals surface area contributed by atoms with Crippen LogP contribution < -0.4 is 9.80 Å². The lowest BCUT2D eigenvalue weighted by atomic mass is 10.1. The van der Waals surface area contributed by atoms with Crippen molar-refractivity contribution in [3.63, 3.8) is 0 Å². The average molecular weight is 895 g/mol. The zero-order valence-electron chi connectivity index (χ0n) is 38.3. The molecular weight excluding hydrogens is 849 g/mol. The molecule has 4 nitrogen and oxygen atoms in total. The Balaban J connectivity index is 0.946. The van der Waals surface area contributed by atoms with Crippen molar-refractivity contribution in [3.8, 4) is 33.9 Å². The van der Waals surface area contributed by atoms with Crippen LogP contribution in [0.15, 0.2) is 279 Å². The van der Waals surface area contributed by atoms with Crippen LogP contribution in [0.1, 0.15) is 0 Å². The summed E-state index contributed by atoms with van der Waals surface area (Å²) in [7, 11) is 0. The normalized spacial score (nSPS) is 11.4. The van der Waals surface area contributed by atoms with Gasteiger partial charge in [-0.2, -0.15) is 0 Å². The summed E-state index contributed by atoms with van der Waals surface area (Å²) >= 11 is 0. The highest BCUT2D eigenvalue weighted by atomic mass is 15.1. The van der Waals surface area contributed by atoms with Crippen LogP contribution >= 0.6 is 0 Å². The van der Waals surface area contributed by atoms with E-state index in [0.717, 1.165) is 79.0 Å².